The molecule has 3 rings (SSSR count). The zero-order chi connectivity index (χ0) is 17.1. The lowest BCUT2D eigenvalue weighted by Crippen LogP contribution is -2.38. The maximum atomic E-state index is 12.3. The van der Waals surface area contributed by atoms with E-state index in [0.717, 1.165) is 31.4 Å². The zero-order valence-corrected chi connectivity index (χ0v) is 14.9. The van der Waals surface area contributed by atoms with E-state index in [2.05, 4.69) is 52.4 Å². The molecule has 0 fully saturated rings. The number of carbonyl (C=O) groups is 1. The van der Waals surface area contributed by atoms with Crippen LogP contribution in [0.5, 0.6) is 0 Å². The molecule has 0 bridgehead atoms. The maximum absolute atomic E-state index is 12.3. The van der Waals surface area contributed by atoms with Gasteiger partial charge in [-0.15, -0.1) is 0 Å². The summed E-state index contributed by atoms with van der Waals surface area (Å²) in [4.78, 5) is 16.8. The van der Waals surface area contributed by atoms with E-state index in [1.54, 1.807) is 0 Å². The number of fused-ring (bicyclic) bond motifs is 1. The van der Waals surface area contributed by atoms with E-state index in [4.69, 9.17) is 0 Å². The van der Waals surface area contributed by atoms with Gasteiger partial charge >= 0.3 is 0 Å². The van der Waals surface area contributed by atoms with Crippen molar-refractivity contribution in [2.75, 3.05) is 32.1 Å². The van der Waals surface area contributed by atoms with Crippen LogP contribution in [0.4, 0.5) is 5.69 Å². The molecule has 4 nitrogen and oxygen atoms in total. The van der Waals surface area contributed by atoms with Crippen LogP contribution in [0.15, 0.2) is 47.7 Å². The Bertz CT molecular complexity index is 675. The third-order valence-corrected chi connectivity index (χ3v) is 4.98. The van der Waals surface area contributed by atoms with Crippen LogP contribution in [-0.2, 0) is 11.2 Å². The van der Waals surface area contributed by atoms with Gasteiger partial charge in [0.15, 0.2) is 0 Å². The fourth-order valence-electron chi connectivity index (χ4n) is 3.56. The standard InChI is InChI=1S/C20H27N3O/c1-15-14-17-6-4-5-7-19(17)23(15)13-12-21-20(24)16-8-10-18(11-9-16)22(2)3/h4-8,10,15H,9,11-14H2,1-3H3,(H,21,24). The molecule has 1 unspecified atom stereocenters. The van der Waals surface area contributed by atoms with Crippen molar-refractivity contribution in [1.29, 1.82) is 0 Å². The molecule has 1 amide bonds. The number of allylic oxidation sites excluding steroid dienone is 3. The normalized spacial score (nSPS) is 19.5. The third kappa shape index (κ3) is 3.48. The van der Waals surface area contributed by atoms with Gasteiger partial charge in [0.05, 0.1) is 0 Å². The van der Waals surface area contributed by atoms with E-state index in [1.807, 2.05) is 20.2 Å². The average Bonchev–Trinajstić information content (AvgIpc) is 2.90. The van der Waals surface area contributed by atoms with Gasteiger partial charge in [-0.25, -0.2) is 0 Å². The predicted octanol–water partition coefficient (Wildman–Crippen LogP) is 2.72. The Hall–Kier alpha value is -2.23. The SMILES string of the molecule is CC1Cc2ccccc2N1CCNC(=O)C1=CC=C(N(C)C)CC1. The highest BCUT2D eigenvalue weighted by Crippen LogP contribution is 2.31. The van der Waals surface area contributed by atoms with E-state index in [9.17, 15) is 4.79 Å². The molecular formula is C20H27N3O. The molecule has 0 aromatic heterocycles. The molecule has 0 saturated carbocycles. The molecule has 1 heterocycles. The van der Waals surface area contributed by atoms with Crippen molar-refractivity contribution in [3.63, 3.8) is 0 Å². The first kappa shape index (κ1) is 16.6. The molecule has 1 aliphatic carbocycles. The summed E-state index contributed by atoms with van der Waals surface area (Å²) in [6, 6.07) is 9.06. The van der Waals surface area contributed by atoms with Gasteiger partial charge in [0.1, 0.15) is 0 Å². The van der Waals surface area contributed by atoms with E-state index >= 15 is 0 Å². The van der Waals surface area contributed by atoms with Gasteiger partial charge in [-0.05, 0) is 43.9 Å². The van der Waals surface area contributed by atoms with Crippen LogP contribution < -0.4 is 10.2 Å². The summed E-state index contributed by atoms with van der Waals surface area (Å²) >= 11 is 0. The lowest BCUT2D eigenvalue weighted by molar-refractivity contribution is -0.117. The van der Waals surface area contributed by atoms with E-state index < -0.39 is 0 Å². The number of amides is 1. The zero-order valence-electron chi connectivity index (χ0n) is 14.9. The first-order chi connectivity index (χ1) is 11.6. The highest BCUT2D eigenvalue weighted by Gasteiger charge is 2.25. The largest absolute Gasteiger partial charge is 0.381 e. The topological polar surface area (TPSA) is 35.6 Å². The van der Waals surface area contributed by atoms with Crippen LogP contribution in [-0.4, -0.2) is 44.0 Å². The third-order valence-electron chi connectivity index (χ3n) is 4.98. The molecule has 2 aliphatic rings. The number of anilines is 1. The second-order valence-corrected chi connectivity index (χ2v) is 6.88. The van der Waals surface area contributed by atoms with Crippen molar-refractivity contribution < 1.29 is 4.79 Å². The highest BCUT2D eigenvalue weighted by atomic mass is 16.1. The van der Waals surface area contributed by atoms with Crippen LogP contribution in [0.1, 0.15) is 25.3 Å². The minimum absolute atomic E-state index is 0.0733. The minimum Gasteiger partial charge on any atom is -0.381 e. The molecular weight excluding hydrogens is 298 g/mol. The second-order valence-electron chi connectivity index (χ2n) is 6.88. The molecule has 1 atom stereocenters. The number of para-hydroxylation sites is 1. The van der Waals surface area contributed by atoms with Crippen molar-refractivity contribution in [3.8, 4) is 0 Å². The van der Waals surface area contributed by atoms with Crippen molar-refractivity contribution >= 4 is 11.6 Å². The maximum Gasteiger partial charge on any atom is 0.247 e. The summed E-state index contributed by atoms with van der Waals surface area (Å²) in [6.45, 7) is 3.79. The van der Waals surface area contributed by atoms with Gasteiger partial charge in [0, 0.05) is 50.2 Å². The summed E-state index contributed by atoms with van der Waals surface area (Å²) < 4.78 is 0. The van der Waals surface area contributed by atoms with Gasteiger partial charge in [-0.3, -0.25) is 4.79 Å². The van der Waals surface area contributed by atoms with Crippen LogP contribution in [0.25, 0.3) is 0 Å². The molecule has 1 N–H and O–H groups in total. The van der Waals surface area contributed by atoms with Gasteiger partial charge in [-0.2, -0.15) is 0 Å². The van der Waals surface area contributed by atoms with E-state index in [1.165, 1.54) is 16.9 Å². The Kier molecular flexibility index (Phi) is 4.93. The molecule has 1 aliphatic heterocycles. The quantitative estimate of drug-likeness (QED) is 0.904. The van der Waals surface area contributed by atoms with Crippen molar-refractivity contribution in [2.24, 2.45) is 0 Å². The van der Waals surface area contributed by atoms with Crippen LogP contribution in [0, 0.1) is 0 Å². The molecule has 128 valence electrons. The first-order valence-electron chi connectivity index (χ1n) is 8.76. The number of nitrogens with one attached hydrogen (secondary N) is 1. The minimum atomic E-state index is 0.0733. The lowest BCUT2D eigenvalue weighted by Gasteiger charge is -2.25. The number of hydrogen-bond donors (Lipinski definition) is 1. The van der Waals surface area contributed by atoms with Gasteiger partial charge < -0.3 is 15.1 Å². The Morgan fingerprint density at radius 1 is 1.25 bits per heavy atom. The summed E-state index contributed by atoms with van der Waals surface area (Å²) in [7, 11) is 4.08. The number of benzene rings is 1. The van der Waals surface area contributed by atoms with Crippen LogP contribution in [0.3, 0.4) is 0 Å². The fraction of sp³-hybridized carbons (Fsp3) is 0.450. The van der Waals surface area contributed by atoms with E-state index in [-0.39, 0.29) is 5.91 Å². The summed E-state index contributed by atoms with van der Waals surface area (Å²) in [5.74, 6) is 0.0733. The second kappa shape index (κ2) is 7.12. The Morgan fingerprint density at radius 2 is 2.04 bits per heavy atom. The highest BCUT2D eigenvalue weighted by molar-refractivity contribution is 5.94. The fourth-order valence-corrected chi connectivity index (χ4v) is 3.56. The summed E-state index contributed by atoms with van der Waals surface area (Å²) in [5.41, 5.74) is 4.88. The lowest BCUT2D eigenvalue weighted by atomic mass is 10.0. The van der Waals surface area contributed by atoms with Crippen LogP contribution >= 0.6 is 0 Å². The Balaban J connectivity index is 1.53. The van der Waals surface area contributed by atoms with Crippen molar-refractivity contribution in [2.45, 2.75) is 32.2 Å². The van der Waals surface area contributed by atoms with E-state index in [0.29, 0.717) is 12.6 Å². The van der Waals surface area contributed by atoms with Crippen LogP contribution in [0.2, 0.25) is 0 Å². The van der Waals surface area contributed by atoms with Gasteiger partial charge in [0.2, 0.25) is 5.91 Å². The Morgan fingerprint density at radius 3 is 2.75 bits per heavy atom. The Labute approximate surface area is 144 Å². The number of carbonyl (C=O) groups excluding carboxylic acids is 1. The van der Waals surface area contributed by atoms with Gasteiger partial charge in [-0.1, -0.05) is 24.3 Å². The molecule has 0 radical (unpaired) electrons. The van der Waals surface area contributed by atoms with Crippen molar-refractivity contribution in [1.82, 2.24) is 10.2 Å². The molecule has 1 aromatic carbocycles. The van der Waals surface area contributed by atoms with Gasteiger partial charge in [0.25, 0.3) is 0 Å². The summed E-state index contributed by atoms with van der Waals surface area (Å²) in [6.07, 6.45) is 6.86. The number of rotatable bonds is 5. The molecule has 4 heteroatoms. The predicted molar refractivity (Wildman–Crippen MR) is 99.1 cm³/mol. The number of hydrogen-bond acceptors (Lipinski definition) is 3. The first-order valence-corrected chi connectivity index (χ1v) is 8.76. The monoisotopic (exact) mass is 325 g/mol. The summed E-state index contributed by atoms with van der Waals surface area (Å²) in [5, 5.41) is 3.08. The molecule has 24 heavy (non-hydrogen) atoms. The molecule has 0 spiro atoms. The molecule has 0 saturated heterocycles. The van der Waals surface area contributed by atoms with Crippen molar-refractivity contribution in [3.05, 3.63) is 53.3 Å². The average molecular weight is 325 g/mol. The number of nitrogens with zero attached hydrogens (tertiary/aromatic N) is 2. The smallest absolute Gasteiger partial charge is 0.247 e. The molecule has 1 aromatic rings.